The van der Waals surface area contributed by atoms with E-state index in [-0.39, 0.29) is 17.6 Å². The zero-order valence-corrected chi connectivity index (χ0v) is 16.8. The molecule has 154 valence electrons. The molecule has 2 aliphatic heterocycles. The highest BCUT2D eigenvalue weighted by molar-refractivity contribution is 5.97. The van der Waals surface area contributed by atoms with Crippen LogP contribution in [-0.4, -0.2) is 68.2 Å². The fraction of sp³-hybridized carbons (Fsp3) is 0.476. The number of rotatable bonds is 5. The summed E-state index contributed by atoms with van der Waals surface area (Å²) in [6.45, 7) is 7.43. The molecule has 2 aromatic rings. The number of fused-ring (bicyclic) bond motifs is 1. The van der Waals surface area contributed by atoms with Crippen molar-refractivity contribution < 1.29 is 14.7 Å². The standard InChI is InChI=1S/C21H27N5O3/c1-3-25-12-16(14(2)23-25)11-24-8-9-26-19(13-24)20(28)22-18(21(26)29)10-15-4-6-17(27)7-5-15/h4-7,12,18-19,27H,3,8-11,13H2,1-2H3,(H,22,28)/t18-,19+/m0/s1. The van der Waals surface area contributed by atoms with Crippen LogP contribution in [0, 0.1) is 6.92 Å². The summed E-state index contributed by atoms with van der Waals surface area (Å²) in [5.41, 5.74) is 3.07. The van der Waals surface area contributed by atoms with Crippen molar-refractivity contribution >= 4 is 11.8 Å². The van der Waals surface area contributed by atoms with Crippen molar-refractivity contribution in [3.05, 3.63) is 47.3 Å². The van der Waals surface area contributed by atoms with E-state index in [1.807, 2.05) is 11.6 Å². The molecule has 0 bridgehead atoms. The van der Waals surface area contributed by atoms with E-state index in [2.05, 4.69) is 28.4 Å². The first-order valence-electron chi connectivity index (χ1n) is 10.1. The van der Waals surface area contributed by atoms with E-state index in [0.29, 0.717) is 19.5 Å². The Morgan fingerprint density at radius 1 is 1.21 bits per heavy atom. The second kappa shape index (κ2) is 7.87. The van der Waals surface area contributed by atoms with Crippen molar-refractivity contribution in [1.29, 1.82) is 0 Å². The Morgan fingerprint density at radius 2 is 1.97 bits per heavy atom. The summed E-state index contributed by atoms with van der Waals surface area (Å²) in [6, 6.07) is 5.73. The third-order valence-corrected chi connectivity index (χ3v) is 5.81. The maximum Gasteiger partial charge on any atom is 0.246 e. The number of amides is 2. The van der Waals surface area contributed by atoms with Crippen LogP contribution in [0.25, 0.3) is 0 Å². The average molecular weight is 397 g/mol. The number of phenolic OH excluding ortho intramolecular Hbond substituents is 1. The van der Waals surface area contributed by atoms with Gasteiger partial charge in [0.15, 0.2) is 0 Å². The van der Waals surface area contributed by atoms with Crippen molar-refractivity contribution in [3.63, 3.8) is 0 Å². The number of phenols is 1. The Kier molecular flexibility index (Phi) is 5.27. The SMILES string of the molecule is CCn1cc(CN2CCN3C(=O)[C@H](Cc4ccc(O)cc4)NC(=O)[C@H]3C2)c(C)n1. The molecule has 2 atom stereocenters. The quantitative estimate of drug-likeness (QED) is 0.774. The lowest BCUT2D eigenvalue weighted by atomic mass is 9.98. The number of nitrogens with zero attached hydrogens (tertiary/aromatic N) is 4. The molecule has 2 amide bonds. The van der Waals surface area contributed by atoms with Gasteiger partial charge in [0.25, 0.3) is 0 Å². The molecule has 0 spiro atoms. The Labute approximate surface area is 170 Å². The van der Waals surface area contributed by atoms with E-state index >= 15 is 0 Å². The number of hydrogen-bond acceptors (Lipinski definition) is 5. The van der Waals surface area contributed by atoms with Crippen LogP contribution in [0.4, 0.5) is 0 Å². The lowest BCUT2D eigenvalue weighted by Gasteiger charge is -2.45. The summed E-state index contributed by atoms with van der Waals surface area (Å²) in [4.78, 5) is 29.7. The van der Waals surface area contributed by atoms with Gasteiger partial charge in [-0.05, 0) is 31.5 Å². The summed E-state index contributed by atoms with van der Waals surface area (Å²) < 4.78 is 1.92. The van der Waals surface area contributed by atoms with Gasteiger partial charge >= 0.3 is 0 Å². The number of hydrogen-bond donors (Lipinski definition) is 2. The fourth-order valence-electron chi connectivity index (χ4n) is 4.12. The molecule has 2 saturated heterocycles. The lowest BCUT2D eigenvalue weighted by Crippen LogP contribution is -2.69. The Hall–Kier alpha value is -2.87. The number of carbonyl (C=O) groups excluding carboxylic acids is 2. The predicted molar refractivity (Wildman–Crippen MR) is 107 cm³/mol. The first kappa shape index (κ1) is 19.4. The smallest absolute Gasteiger partial charge is 0.246 e. The highest BCUT2D eigenvalue weighted by Gasteiger charge is 2.43. The van der Waals surface area contributed by atoms with Gasteiger partial charge in [0.1, 0.15) is 17.8 Å². The van der Waals surface area contributed by atoms with Gasteiger partial charge in [0.2, 0.25) is 11.8 Å². The number of carbonyl (C=O) groups is 2. The van der Waals surface area contributed by atoms with Gasteiger partial charge in [0.05, 0.1) is 5.69 Å². The van der Waals surface area contributed by atoms with E-state index in [4.69, 9.17) is 0 Å². The summed E-state index contributed by atoms with van der Waals surface area (Å²) in [5, 5.41) is 16.8. The maximum atomic E-state index is 13.0. The highest BCUT2D eigenvalue weighted by Crippen LogP contribution is 2.21. The zero-order chi connectivity index (χ0) is 20.5. The minimum atomic E-state index is -0.556. The molecule has 2 aliphatic rings. The highest BCUT2D eigenvalue weighted by atomic mass is 16.3. The molecule has 0 unspecified atom stereocenters. The molecule has 0 saturated carbocycles. The van der Waals surface area contributed by atoms with Crippen molar-refractivity contribution in [1.82, 2.24) is 24.9 Å². The third-order valence-electron chi connectivity index (χ3n) is 5.81. The van der Waals surface area contributed by atoms with Crippen LogP contribution in [-0.2, 0) is 29.1 Å². The molecule has 2 N–H and O–H groups in total. The number of benzene rings is 1. The number of aromatic hydroxyl groups is 1. The second-order valence-corrected chi connectivity index (χ2v) is 7.81. The maximum absolute atomic E-state index is 13.0. The third kappa shape index (κ3) is 3.98. The van der Waals surface area contributed by atoms with E-state index in [9.17, 15) is 14.7 Å². The van der Waals surface area contributed by atoms with Gasteiger partial charge in [0, 0.05) is 50.9 Å². The molecule has 1 aromatic heterocycles. The van der Waals surface area contributed by atoms with Gasteiger partial charge in [-0.3, -0.25) is 19.2 Å². The molecule has 3 heterocycles. The molecule has 2 fully saturated rings. The van der Waals surface area contributed by atoms with Crippen molar-refractivity contribution in [2.75, 3.05) is 19.6 Å². The Morgan fingerprint density at radius 3 is 2.66 bits per heavy atom. The van der Waals surface area contributed by atoms with E-state index in [1.165, 1.54) is 0 Å². The monoisotopic (exact) mass is 397 g/mol. The molecule has 0 radical (unpaired) electrons. The van der Waals surface area contributed by atoms with Crippen LogP contribution in [0.3, 0.4) is 0 Å². The van der Waals surface area contributed by atoms with Crippen molar-refractivity contribution in [3.8, 4) is 5.75 Å². The zero-order valence-electron chi connectivity index (χ0n) is 16.8. The molecule has 8 nitrogen and oxygen atoms in total. The first-order chi connectivity index (χ1) is 13.9. The van der Waals surface area contributed by atoms with Crippen molar-refractivity contribution in [2.24, 2.45) is 0 Å². The van der Waals surface area contributed by atoms with Gasteiger partial charge < -0.3 is 15.3 Å². The van der Waals surface area contributed by atoms with Crippen LogP contribution >= 0.6 is 0 Å². The van der Waals surface area contributed by atoms with Crippen LogP contribution in [0.5, 0.6) is 5.75 Å². The van der Waals surface area contributed by atoms with Gasteiger partial charge in [-0.25, -0.2) is 0 Å². The predicted octanol–water partition coefficient (Wildman–Crippen LogP) is 0.671. The number of aryl methyl sites for hydroxylation is 2. The molecular formula is C21H27N5O3. The topological polar surface area (TPSA) is 90.7 Å². The Balaban J connectivity index is 1.41. The minimum Gasteiger partial charge on any atom is -0.508 e. The van der Waals surface area contributed by atoms with Gasteiger partial charge in [-0.15, -0.1) is 0 Å². The Bertz CT molecular complexity index is 908. The van der Waals surface area contributed by atoms with Crippen LogP contribution in [0.1, 0.15) is 23.7 Å². The van der Waals surface area contributed by atoms with E-state index in [1.54, 1.807) is 29.2 Å². The number of nitrogens with one attached hydrogen (secondary N) is 1. The molecular weight excluding hydrogens is 370 g/mol. The second-order valence-electron chi connectivity index (χ2n) is 7.81. The average Bonchev–Trinajstić information content (AvgIpc) is 3.07. The summed E-state index contributed by atoms with van der Waals surface area (Å²) in [7, 11) is 0. The van der Waals surface area contributed by atoms with E-state index < -0.39 is 12.1 Å². The van der Waals surface area contributed by atoms with Gasteiger partial charge in [-0.1, -0.05) is 12.1 Å². The van der Waals surface area contributed by atoms with E-state index in [0.717, 1.165) is 36.5 Å². The number of piperazine rings is 2. The molecule has 8 heteroatoms. The largest absolute Gasteiger partial charge is 0.508 e. The lowest BCUT2D eigenvalue weighted by molar-refractivity contribution is -0.153. The fourth-order valence-corrected chi connectivity index (χ4v) is 4.12. The summed E-state index contributed by atoms with van der Waals surface area (Å²) in [6.07, 6.45) is 2.48. The van der Waals surface area contributed by atoms with Crippen LogP contribution in [0.2, 0.25) is 0 Å². The van der Waals surface area contributed by atoms with Crippen molar-refractivity contribution in [2.45, 2.75) is 45.4 Å². The van der Waals surface area contributed by atoms with Crippen LogP contribution in [0.15, 0.2) is 30.5 Å². The first-order valence-corrected chi connectivity index (χ1v) is 10.1. The number of aromatic nitrogens is 2. The molecule has 0 aliphatic carbocycles. The summed E-state index contributed by atoms with van der Waals surface area (Å²) in [5.74, 6) is 0.0556. The molecule has 29 heavy (non-hydrogen) atoms. The normalized spacial score (nSPS) is 22.5. The van der Waals surface area contributed by atoms with Gasteiger partial charge in [-0.2, -0.15) is 5.10 Å². The molecule has 1 aromatic carbocycles. The van der Waals surface area contributed by atoms with Crippen LogP contribution < -0.4 is 5.32 Å². The molecule has 4 rings (SSSR count). The summed E-state index contributed by atoms with van der Waals surface area (Å²) >= 11 is 0. The minimum absolute atomic E-state index is 0.0303.